The maximum absolute atomic E-state index is 10.7. The van der Waals surface area contributed by atoms with Crippen LogP contribution in [0.2, 0.25) is 0 Å². The molecule has 0 atom stereocenters. The molecule has 1 aliphatic rings. The predicted molar refractivity (Wildman–Crippen MR) is 73.5 cm³/mol. The van der Waals surface area contributed by atoms with Crippen LogP contribution in [0.4, 0.5) is 4.79 Å². The highest BCUT2D eigenvalue weighted by Crippen LogP contribution is 2.32. The van der Waals surface area contributed by atoms with Crippen LogP contribution in [0.1, 0.15) is 49.1 Å². The average molecular weight is 249 g/mol. The molecule has 1 amide bonds. The molecule has 0 saturated heterocycles. The van der Waals surface area contributed by atoms with Crippen LogP contribution >= 0.6 is 12.6 Å². The number of benzene rings is 1. The Morgan fingerprint density at radius 3 is 2.41 bits per heavy atom. The molecule has 1 aliphatic carbocycles. The summed E-state index contributed by atoms with van der Waals surface area (Å²) in [6, 6.07) is 8.62. The number of hydrogen-bond acceptors (Lipinski definition) is 1. The summed E-state index contributed by atoms with van der Waals surface area (Å²) in [5, 5.41) is 2.41. The largest absolute Gasteiger partial charge is 0.343 e. The second-order valence-electron chi connectivity index (χ2n) is 4.74. The Morgan fingerprint density at radius 1 is 1.18 bits per heavy atom. The van der Waals surface area contributed by atoms with E-state index in [0.717, 1.165) is 11.5 Å². The van der Waals surface area contributed by atoms with Crippen molar-refractivity contribution >= 4 is 17.9 Å². The predicted octanol–water partition coefficient (Wildman–Crippen LogP) is 3.87. The maximum Gasteiger partial charge on any atom is 0.276 e. The maximum atomic E-state index is 10.7. The molecule has 2 rings (SSSR count). The van der Waals surface area contributed by atoms with E-state index in [9.17, 15) is 4.79 Å². The van der Waals surface area contributed by atoms with E-state index < -0.39 is 0 Å². The van der Waals surface area contributed by atoms with Crippen molar-refractivity contribution in [2.24, 2.45) is 0 Å². The molecule has 0 heterocycles. The van der Waals surface area contributed by atoms with Gasteiger partial charge in [-0.3, -0.25) is 4.79 Å². The highest BCUT2D eigenvalue weighted by atomic mass is 32.1. The first-order valence-corrected chi connectivity index (χ1v) is 6.76. The zero-order valence-corrected chi connectivity index (χ0v) is 10.9. The second-order valence-corrected chi connectivity index (χ2v) is 5.14. The Kier molecular flexibility index (Phi) is 4.49. The van der Waals surface area contributed by atoms with Crippen molar-refractivity contribution in [3.63, 3.8) is 0 Å². The van der Waals surface area contributed by atoms with E-state index in [0.29, 0.717) is 6.54 Å². The molecule has 0 aliphatic heterocycles. The molecule has 2 nitrogen and oxygen atoms in total. The fraction of sp³-hybridized carbons (Fsp3) is 0.500. The van der Waals surface area contributed by atoms with Gasteiger partial charge >= 0.3 is 0 Å². The van der Waals surface area contributed by atoms with Crippen molar-refractivity contribution in [3.8, 4) is 0 Å². The van der Waals surface area contributed by atoms with Crippen LogP contribution < -0.4 is 5.32 Å². The SMILES string of the molecule is O=C(S)NCc1ccc(C2CCCCC2)cc1. The fourth-order valence-electron chi connectivity index (χ4n) is 2.52. The molecule has 1 aromatic carbocycles. The topological polar surface area (TPSA) is 29.1 Å². The summed E-state index contributed by atoms with van der Waals surface area (Å²) < 4.78 is 0. The molecular weight excluding hydrogens is 230 g/mol. The molecule has 0 unspecified atom stereocenters. The van der Waals surface area contributed by atoms with Crippen molar-refractivity contribution < 1.29 is 4.79 Å². The molecule has 0 bridgehead atoms. The van der Waals surface area contributed by atoms with Crippen LogP contribution in [0.15, 0.2) is 24.3 Å². The first kappa shape index (κ1) is 12.5. The van der Waals surface area contributed by atoms with Gasteiger partial charge in [-0.25, -0.2) is 0 Å². The Labute approximate surface area is 108 Å². The number of amides is 1. The fourth-order valence-corrected chi connectivity index (χ4v) is 2.60. The van der Waals surface area contributed by atoms with Crippen LogP contribution in [0, 0.1) is 0 Å². The Morgan fingerprint density at radius 2 is 1.82 bits per heavy atom. The molecule has 3 heteroatoms. The minimum atomic E-state index is -0.277. The molecule has 1 aromatic rings. The zero-order valence-electron chi connectivity index (χ0n) is 9.98. The first-order valence-electron chi connectivity index (χ1n) is 6.31. The molecular formula is C14H19NOS. The van der Waals surface area contributed by atoms with Gasteiger partial charge in [-0.1, -0.05) is 56.2 Å². The number of hydrogen-bond donors (Lipinski definition) is 2. The van der Waals surface area contributed by atoms with Gasteiger partial charge in [0.1, 0.15) is 0 Å². The molecule has 0 radical (unpaired) electrons. The summed E-state index contributed by atoms with van der Waals surface area (Å²) in [6.07, 6.45) is 6.77. The summed E-state index contributed by atoms with van der Waals surface area (Å²) in [5.74, 6) is 0.747. The summed E-state index contributed by atoms with van der Waals surface area (Å²) in [7, 11) is 0. The van der Waals surface area contributed by atoms with Gasteiger partial charge in [-0.15, -0.1) is 0 Å². The lowest BCUT2D eigenvalue weighted by molar-refractivity contribution is 0.260. The molecule has 92 valence electrons. The lowest BCUT2D eigenvalue weighted by Crippen LogP contribution is -2.15. The van der Waals surface area contributed by atoms with Gasteiger partial charge in [0.05, 0.1) is 0 Å². The highest BCUT2D eigenvalue weighted by molar-refractivity contribution is 7.96. The van der Waals surface area contributed by atoms with Crippen LogP contribution in [0.25, 0.3) is 0 Å². The van der Waals surface area contributed by atoms with Gasteiger partial charge in [-0.05, 0) is 29.9 Å². The Bertz CT molecular complexity index is 368. The quantitative estimate of drug-likeness (QED) is 0.782. The summed E-state index contributed by atoms with van der Waals surface area (Å²) in [5.41, 5.74) is 2.58. The third-order valence-corrected chi connectivity index (χ3v) is 3.66. The van der Waals surface area contributed by atoms with E-state index in [4.69, 9.17) is 0 Å². The first-order chi connectivity index (χ1) is 8.25. The number of thiol groups is 1. The number of carbonyl (C=O) groups excluding carboxylic acids is 1. The molecule has 0 spiro atoms. The Balaban J connectivity index is 1.94. The van der Waals surface area contributed by atoms with E-state index in [1.807, 2.05) is 0 Å². The van der Waals surface area contributed by atoms with E-state index in [-0.39, 0.29) is 5.24 Å². The van der Waals surface area contributed by atoms with Gasteiger partial charge in [0.2, 0.25) is 0 Å². The third kappa shape index (κ3) is 3.77. The number of carbonyl (C=O) groups is 1. The van der Waals surface area contributed by atoms with E-state index in [1.165, 1.54) is 37.7 Å². The monoisotopic (exact) mass is 249 g/mol. The lowest BCUT2D eigenvalue weighted by atomic mass is 9.84. The number of rotatable bonds is 3. The third-order valence-electron chi connectivity index (χ3n) is 3.50. The van der Waals surface area contributed by atoms with E-state index in [1.54, 1.807) is 0 Å². The molecule has 0 aromatic heterocycles. The van der Waals surface area contributed by atoms with Gasteiger partial charge in [0.25, 0.3) is 5.24 Å². The summed E-state index contributed by atoms with van der Waals surface area (Å²) >= 11 is 3.68. The number of nitrogens with one attached hydrogen (secondary N) is 1. The normalized spacial score (nSPS) is 16.8. The molecule has 17 heavy (non-hydrogen) atoms. The lowest BCUT2D eigenvalue weighted by Gasteiger charge is -2.22. The van der Waals surface area contributed by atoms with Crippen LogP contribution in [-0.2, 0) is 6.54 Å². The van der Waals surface area contributed by atoms with Crippen LogP contribution in [0.5, 0.6) is 0 Å². The minimum Gasteiger partial charge on any atom is -0.343 e. The summed E-state index contributed by atoms with van der Waals surface area (Å²) in [6.45, 7) is 0.563. The standard InChI is InChI=1S/C14H19NOS/c16-14(17)15-10-11-6-8-13(9-7-11)12-4-2-1-3-5-12/h6-9,12H,1-5,10H2,(H2,15,16,17). The molecule has 1 fully saturated rings. The average Bonchev–Trinajstić information content (AvgIpc) is 2.38. The van der Waals surface area contributed by atoms with Crippen molar-refractivity contribution in [2.45, 2.75) is 44.6 Å². The second kappa shape index (κ2) is 6.10. The van der Waals surface area contributed by atoms with Crippen molar-refractivity contribution in [2.75, 3.05) is 0 Å². The van der Waals surface area contributed by atoms with Gasteiger partial charge in [0.15, 0.2) is 0 Å². The minimum absolute atomic E-state index is 0.277. The van der Waals surface area contributed by atoms with Crippen LogP contribution in [-0.4, -0.2) is 5.24 Å². The smallest absolute Gasteiger partial charge is 0.276 e. The zero-order chi connectivity index (χ0) is 12.1. The van der Waals surface area contributed by atoms with Crippen LogP contribution in [0.3, 0.4) is 0 Å². The van der Waals surface area contributed by atoms with E-state index >= 15 is 0 Å². The molecule has 1 saturated carbocycles. The van der Waals surface area contributed by atoms with Gasteiger partial charge < -0.3 is 5.32 Å². The Hall–Kier alpha value is -0.960. The molecule has 1 N–H and O–H groups in total. The van der Waals surface area contributed by atoms with Crippen molar-refractivity contribution in [3.05, 3.63) is 35.4 Å². The van der Waals surface area contributed by atoms with Crippen molar-refractivity contribution in [1.82, 2.24) is 5.32 Å². The summed E-state index contributed by atoms with van der Waals surface area (Å²) in [4.78, 5) is 10.7. The van der Waals surface area contributed by atoms with Crippen molar-refractivity contribution in [1.29, 1.82) is 0 Å². The van der Waals surface area contributed by atoms with Gasteiger partial charge in [-0.2, -0.15) is 0 Å². The highest BCUT2D eigenvalue weighted by Gasteiger charge is 2.14. The van der Waals surface area contributed by atoms with Gasteiger partial charge in [0, 0.05) is 6.54 Å². The van der Waals surface area contributed by atoms with E-state index in [2.05, 4.69) is 42.2 Å².